The summed E-state index contributed by atoms with van der Waals surface area (Å²) in [6.45, 7) is 14.7. The van der Waals surface area contributed by atoms with Crippen molar-refractivity contribution < 1.29 is 0 Å². The molecule has 4 rings (SSSR count). The maximum Gasteiger partial charge on any atom is 0.0776 e. The molecule has 26 heavy (non-hydrogen) atoms. The van der Waals surface area contributed by atoms with E-state index in [4.69, 9.17) is 0 Å². The Morgan fingerprint density at radius 1 is 0.731 bits per heavy atom. The summed E-state index contributed by atoms with van der Waals surface area (Å²) in [6, 6.07) is 12.4. The predicted molar refractivity (Wildman–Crippen MR) is 122 cm³/mol. The highest BCUT2D eigenvalue weighted by Gasteiger charge is 2.28. The molecule has 0 saturated heterocycles. The van der Waals surface area contributed by atoms with Crippen molar-refractivity contribution in [1.82, 2.24) is 0 Å². The van der Waals surface area contributed by atoms with Gasteiger partial charge in [-0.15, -0.1) is 0 Å². The first-order valence-electron chi connectivity index (χ1n) is 9.82. The van der Waals surface area contributed by atoms with Crippen LogP contribution < -0.4 is 10.4 Å². The Morgan fingerprint density at radius 3 is 2.00 bits per heavy atom. The van der Waals surface area contributed by atoms with Gasteiger partial charge >= 0.3 is 0 Å². The highest BCUT2D eigenvalue weighted by molar-refractivity contribution is 6.89. The molecule has 0 unspecified atom stereocenters. The third-order valence-electron chi connectivity index (χ3n) is 5.87. The monoisotopic (exact) mass is 374 g/mol. The summed E-state index contributed by atoms with van der Waals surface area (Å²) in [5.74, 6) is 0. The molecule has 0 atom stereocenters. The Bertz CT molecular complexity index is 947. The molecule has 0 heterocycles. The van der Waals surface area contributed by atoms with E-state index < -0.39 is 16.1 Å². The van der Waals surface area contributed by atoms with Crippen molar-refractivity contribution >= 4 is 32.1 Å². The van der Waals surface area contributed by atoms with Crippen molar-refractivity contribution in [2.24, 2.45) is 0 Å². The lowest BCUT2D eigenvalue weighted by molar-refractivity contribution is 1.24. The fourth-order valence-corrected chi connectivity index (χ4v) is 6.42. The Morgan fingerprint density at radius 2 is 1.38 bits per heavy atom. The average molecular weight is 375 g/mol. The molecular weight excluding hydrogens is 344 g/mol. The van der Waals surface area contributed by atoms with E-state index in [1.54, 1.807) is 15.9 Å². The Kier molecular flexibility index (Phi) is 4.05. The van der Waals surface area contributed by atoms with E-state index in [1.165, 1.54) is 27.8 Å². The minimum Gasteiger partial charge on any atom is -0.0801 e. The van der Waals surface area contributed by atoms with Crippen LogP contribution in [-0.2, 0) is 6.42 Å². The normalized spacial score (nSPS) is 15.8. The molecule has 2 heteroatoms. The zero-order valence-corrected chi connectivity index (χ0v) is 19.0. The summed E-state index contributed by atoms with van der Waals surface area (Å²) in [7, 11) is -2.67. The molecule has 2 aliphatic rings. The van der Waals surface area contributed by atoms with Crippen LogP contribution in [0.1, 0.15) is 23.1 Å². The number of allylic oxidation sites excluding steroid dienone is 4. The topological polar surface area (TPSA) is 0 Å². The van der Waals surface area contributed by atoms with Crippen LogP contribution in [0.2, 0.25) is 39.3 Å². The first-order valence-corrected chi connectivity index (χ1v) is 16.8. The van der Waals surface area contributed by atoms with E-state index >= 15 is 0 Å². The van der Waals surface area contributed by atoms with Gasteiger partial charge in [0.1, 0.15) is 0 Å². The lowest BCUT2D eigenvalue weighted by Gasteiger charge is -2.22. The summed E-state index contributed by atoms with van der Waals surface area (Å²) in [5, 5.41) is 3.16. The number of hydrogen-bond acceptors (Lipinski definition) is 0. The third kappa shape index (κ3) is 2.99. The van der Waals surface area contributed by atoms with Crippen molar-refractivity contribution in [2.45, 2.75) is 52.1 Å². The minimum absolute atomic E-state index is 1.08. The molecule has 0 aromatic heterocycles. The quantitative estimate of drug-likeness (QED) is 0.516. The van der Waals surface area contributed by atoms with E-state index in [0.29, 0.717) is 0 Å². The second kappa shape index (κ2) is 5.93. The molecule has 0 aliphatic heterocycles. The van der Waals surface area contributed by atoms with Gasteiger partial charge in [-0.3, -0.25) is 0 Å². The van der Waals surface area contributed by atoms with Gasteiger partial charge in [-0.05, 0) is 46.2 Å². The van der Waals surface area contributed by atoms with Gasteiger partial charge < -0.3 is 0 Å². The van der Waals surface area contributed by atoms with Gasteiger partial charge in [0.2, 0.25) is 0 Å². The minimum atomic E-state index is -1.37. The molecule has 2 aromatic rings. The van der Waals surface area contributed by atoms with Gasteiger partial charge in [0.15, 0.2) is 0 Å². The number of rotatable bonds is 3. The predicted octanol–water partition coefficient (Wildman–Crippen LogP) is 5.69. The van der Waals surface area contributed by atoms with Crippen molar-refractivity contribution in [3.05, 3.63) is 65.3 Å². The van der Waals surface area contributed by atoms with Gasteiger partial charge in [-0.25, -0.2) is 0 Å². The molecular formula is C24H30Si2. The van der Waals surface area contributed by atoms with Crippen molar-refractivity contribution in [1.29, 1.82) is 0 Å². The van der Waals surface area contributed by atoms with E-state index in [0.717, 1.165) is 12.8 Å². The molecule has 134 valence electrons. The van der Waals surface area contributed by atoms with E-state index in [9.17, 15) is 0 Å². The van der Waals surface area contributed by atoms with Crippen LogP contribution in [0.15, 0.2) is 48.6 Å². The first-order chi connectivity index (χ1) is 12.1. The van der Waals surface area contributed by atoms with Crippen LogP contribution in [0, 0.1) is 0 Å². The second-order valence-electron chi connectivity index (χ2n) is 9.92. The molecule has 0 spiro atoms. The molecule has 0 bridgehead atoms. The fraction of sp³-hybridized carbons (Fsp3) is 0.333. The van der Waals surface area contributed by atoms with Gasteiger partial charge in [-0.2, -0.15) is 0 Å². The van der Waals surface area contributed by atoms with E-state index in [1.807, 2.05) is 0 Å². The van der Waals surface area contributed by atoms with Crippen LogP contribution in [0.3, 0.4) is 0 Å². The summed E-state index contributed by atoms with van der Waals surface area (Å²) in [5.41, 5.74) is 9.11. The van der Waals surface area contributed by atoms with E-state index in [-0.39, 0.29) is 0 Å². The maximum atomic E-state index is 2.54. The van der Waals surface area contributed by atoms with Gasteiger partial charge in [0.05, 0.1) is 16.1 Å². The summed E-state index contributed by atoms with van der Waals surface area (Å²) < 4.78 is 0. The molecule has 0 N–H and O–H groups in total. The van der Waals surface area contributed by atoms with Crippen molar-refractivity contribution in [3.8, 4) is 11.1 Å². The number of fused-ring (bicyclic) bond motifs is 3. The summed E-state index contributed by atoms with van der Waals surface area (Å²) in [4.78, 5) is 0. The summed E-state index contributed by atoms with van der Waals surface area (Å²) in [6.07, 6.45) is 9.00. The van der Waals surface area contributed by atoms with Gasteiger partial charge in [0.25, 0.3) is 0 Å². The second-order valence-corrected chi connectivity index (χ2v) is 20.1. The molecule has 0 saturated carbocycles. The number of hydrogen-bond donors (Lipinski definition) is 0. The van der Waals surface area contributed by atoms with Crippen LogP contribution in [0.5, 0.6) is 0 Å². The van der Waals surface area contributed by atoms with Crippen LogP contribution in [0.25, 0.3) is 16.7 Å². The maximum absolute atomic E-state index is 2.54. The SMILES string of the molecule is C[Si](C)(C)c1ccc2c(c1)-c1cc([Si](C)(C)C)cc(C3=CC=CC3)c1C2. The molecule has 0 amide bonds. The van der Waals surface area contributed by atoms with Gasteiger partial charge in [0, 0.05) is 0 Å². The smallest absolute Gasteiger partial charge is 0.0776 e. The first kappa shape index (κ1) is 17.8. The molecule has 2 aliphatic carbocycles. The highest BCUT2D eigenvalue weighted by atomic mass is 28.3. The molecule has 0 nitrogen and oxygen atoms in total. The Hall–Kier alpha value is -1.65. The van der Waals surface area contributed by atoms with Crippen LogP contribution >= 0.6 is 0 Å². The zero-order chi connectivity index (χ0) is 18.7. The largest absolute Gasteiger partial charge is 0.0801 e. The van der Waals surface area contributed by atoms with Crippen molar-refractivity contribution in [2.75, 3.05) is 0 Å². The van der Waals surface area contributed by atoms with Crippen LogP contribution in [0.4, 0.5) is 0 Å². The summed E-state index contributed by atoms with van der Waals surface area (Å²) >= 11 is 0. The average Bonchev–Trinajstić information content (AvgIpc) is 3.19. The highest BCUT2D eigenvalue weighted by Crippen LogP contribution is 2.41. The third-order valence-corrected chi connectivity index (χ3v) is 9.93. The fourth-order valence-electron chi connectivity index (χ4n) is 4.11. The standard InChI is InChI=1S/C24H30Si2/c1-25(2,3)19-12-11-18-13-23-21(17-9-7-8-10-17)15-20(26(4,5)6)16-24(23)22(18)14-19/h7-9,11-12,14-16H,10,13H2,1-6H3. The molecule has 2 aromatic carbocycles. The van der Waals surface area contributed by atoms with Gasteiger partial charge in [-0.1, -0.05) is 98.2 Å². The van der Waals surface area contributed by atoms with E-state index in [2.05, 4.69) is 87.8 Å². The zero-order valence-electron chi connectivity index (χ0n) is 17.0. The lowest BCUT2D eigenvalue weighted by Crippen LogP contribution is -2.38. The van der Waals surface area contributed by atoms with Crippen molar-refractivity contribution in [3.63, 3.8) is 0 Å². The Labute approximate surface area is 160 Å². The Balaban J connectivity index is 1.94. The lowest BCUT2D eigenvalue weighted by atomic mass is 9.95. The molecule has 0 fully saturated rings. The number of benzene rings is 2. The van der Waals surface area contributed by atoms with Crippen LogP contribution in [-0.4, -0.2) is 16.1 Å². The molecule has 0 radical (unpaired) electrons.